The predicted molar refractivity (Wildman–Crippen MR) is 195 cm³/mol. The normalized spacial score (nSPS) is 25.0. The molecule has 3 unspecified atom stereocenters. The van der Waals surface area contributed by atoms with E-state index in [9.17, 15) is 15.3 Å². The molecule has 53 heavy (non-hydrogen) atoms. The highest BCUT2D eigenvalue weighted by molar-refractivity contribution is 6.02. The third kappa shape index (κ3) is 7.19. The Bertz CT molecular complexity index is 1930. The van der Waals surface area contributed by atoms with Crippen molar-refractivity contribution >= 4 is 27.5 Å². The van der Waals surface area contributed by atoms with Gasteiger partial charge in [0.15, 0.2) is 5.82 Å². The second kappa shape index (κ2) is 15.8. The minimum atomic E-state index is -0.937. The monoisotopic (exact) mass is 737 g/mol. The van der Waals surface area contributed by atoms with Gasteiger partial charge in [-0.25, -0.2) is 13.8 Å². The van der Waals surface area contributed by atoms with Gasteiger partial charge in [-0.05, 0) is 55.8 Å². The molecule has 0 radical (unpaired) electrons. The van der Waals surface area contributed by atoms with Crippen LogP contribution in [0.2, 0.25) is 0 Å². The molecule has 5 heterocycles. The molecule has 1 saturated carbocycles. The molecule has 4 aromatic rings. The van der Waals surface area contributed by atoms with Crippen molar-refractivity contribution in [3.63, 3.8) is 0 Å². The molecule has 3 saturated heterocycles. The average Bonchev–Trinajstić information content (AvgIpc) is 3.49. The van der Waals surface area contributed by atoms with Crippen LogP contribution < -0.4 is 14.4 Å². The van der Waals surface area contributed by atoms with Gasteiger partial charge in [0.05, 0.1) is 52.4 Å². The zero-order valence-corrected chi connectivity index (χ0v) is 30.6. The third-order valence-corrected chi connectivity index (χ3v) is 11.1. The minimum Gasteiger partial charge on any atom is -0.508 e. The van der Waals surface area contributed by atoms with Crippen LogP contribution in [0.15, 0.2) is 30.3 Å². The van der Waals surface area contributed by atoms with Gasteiger partial charge in [0.25, 0.3) is 0 Å². The van der Waals surface area contributed by atoms with Crippen LogP contribution in [-0.4, -0.2) is 120 Å². The minimum absolute atomic E-state index is 0.00841. The van der Waals surface area contributed by atoms with Gasteiger partial charge in [0.1, 0.15) is 34.0 Å². The standard InChI is InChI=1S/C37H43F2N5O7.C2H6/c1-48-35-30-33(31(39)32(40-35)26-12-23(46)11-22-5-2-6-27(38)29(22)26)41-36(42-34(30)44-14-24(47)19-50-25(15-44)16-45)51-20-37-8-3-7-28(37)43(10-4-9-37)13-21-17-49-18-21;1-2/h2,5-6,11-12,21,24-25,28,45-47H,3-4,7-10,13-20H2,1H3;1-2H3/t24?,25-,28?,37?;/m1./s1. The second-order valence-corrected chi connectivity index (χ2v) is 14.4. The first-order valence-corrected chi connectivity index (χ1v) is 18.7. The van der Waals surface area contributed by atoms with E-state index in [2.05, 4.69) is 14.9 Å². The number of phenolic OH excluding ortho intramolecular Hbond substituents is 1. The van der Waals surface area contributed by atoms with E-state index < -0.39 is 23.8 Å². The summed E-state index contributed by atoms with van der Waals surface area (Å²) >= 11 is 0. The number of nitrogens with zero attached hydrogens (tertiary/aromatic N) is 5. The summed E-state index contributed by atoms with van der Waals surface area (Å²) < 4.78 is 55.8. The lowest BCUT2D eigenvalue weighted by atomic mass is 9.75. The van der Waals surface area contributed by atoms with Crippen molar-refractivity contribution < 1.29 is 43.0 Å². The molecule has 2 aromatic carbocycles. The zero-order chi connectivity index (χ0) is 37.3. The number of hydrogen-bond donors (Lipinski definition) is 3. The number of β-amino-alcohol motifs (C(OH)–C–C–N with tert-alkyl or cyclic N) is 1. The summed E-state index contributed by atoms with van der Waals surface area (Å²) in [4.78, 5) is 18.2. The molecule has 0 amide bonds. The van der Waals surface area contributed by atoms with Crippen molar-refractivity contribution in [1.82, 2.24) is 19.9 Å². The predicted octanol–water partition coefficient (Wildman–Crippen LogP) is 5.08. The highest BCUT2D eigenvalue weighted by Gasteiger charge is 2.49. The highest BCUT2D eigenvalue weighted by atomic mass is 19.1. The van der Waals surface area contributed by atoms with Gasteiger partial charge in [-0.3, -0.25) is 4.90 Å². The molecule has 4 fully saturated rings. The van der Waals surface area contributed by atoms with Crippen LogP contribution in [0, 0.1) is 23.0 Å². The van der Waals surface area contributed by atoms with Crippen LogP contribution in [0.3, 0.4) is 0 Å². The number of methoxy groups -OCH3 is 1. The fourth-order valence-corrected chi connectivity index (χ4v) is 8.65. The Labute approximate surface area is 307 Å². The van der Waals surface area contributed by atoms with E-state index in [-0.39, 0.29) is 82.7 Å². The largest absolute Gasteiger partial charge is 0.508 e. The molecule has 1 aliphatic carbocycles. The fraction of sp³-hybridized carbons (Fsp3) is 0.564. The number of pyridine rings is 1. The number of benzene rings is 2. The molecule has 3 aliphatic heterocycles. The summed E-state index contributed by atoms with van der Waals surface area (Å²) in [5.74, 6) is -1.00. The number of hydrogen-bond acceptors (Lipinski definition) is 12. The van der Waals surface area contributed by atoms with Crippen LogP contribution in [0.25, 0.3) is 32.9 Å². The van der Waals surface area contributed by atoms with Crippen molar-refractivity contribution in [2.45, 2.75) is 64.2 Å². The van der Waals surface area contributed by atoms with Crippen molar-refractivity contribution in [1.29, 1.82) is 0 Å². The summed E-state index contributed by atoms with van der Waals surface area (Å²) in [6.45, 7) is 7.83. The van der Waals surface area contributed by atoms with Crippen LogP contribution in [0.1, 0.15) is 46.0 Å². The van der Waals surface area contributed by atoms with Crippen molar-refractivity contribution in [3.8, 4) is 28.9 Å². The van der Waals surface area contributed by atoms with Crippen LogP contribution in [0.5, 0.6) is 17.6 Å². The smallest absolute Gasteiger partial charge is 0.319 e. The maximum absolute atomic E-state index is 17.1. The van der Waals surface area contributed by atoms with Crippen molar-refractivity contribution in [2.75, 3.05) is 71.2 Å². The maximum atomic E-state index is 17.1. The summed E-state index contributed by atoms with van der Waals surface area (Å²) in [6.07, 6.45) is 3.59. The van der Waals surface area contributed by atoms with Gasteiger partial charge >= 0.3 is 6.01 Å². The first-order chi connectivity index (χ1) is 25.8. The molecule has 4 atom stereocenters. The second-order valence-electron chi connectivity index (χ2n) is 14.4. The molecule has 286 valence electrons. The molecule has 2 aromatic heterocycles. The number of anilines is 1. The summed E-state index contributed by atoms with van der Waals surface area (Å²) in [6, 6.07) is 7.34. The Hall–Kier alpha value is -3.95. The zero-order valence-electron chi connectivity index (χ0n) is 30.6. The Morgan fingerprint density at radius 3 is 2.58 bits per heavy atom. The lowest BCUT2D eigenvalue weighted by Crippen LogP contribution is -2.54. The van der Waals surface area contributed by atoms with Gasteiger partial charge < -0.3 is 39.2 Å². The van der Waals surface area contributed by atoms with Gasteiger partial charge in [-0.2, -0.15) is 9.97 Å². The van der Waals surface area contributed by atoms with Gasteiger partial charge in [-0.15, -0.1) is 0 Å². The summed E-state index contributed by atoms with van der Waals surface area (Å²) in [5.41, 5.74) is -0.547. The Morgan fingerprint density at radius 1 is 1.02 bits per heavy atom. The van der Waals surface area contributed by atoms with Gasteiger partial charge in [-0.1, -0.05) is 32.4 Å². The molecular formula is C39H49F2N5O7. The molecule has 4 aliphatic rings. The highest BCUT2D eigenvalue weighted by Crippen LogP contribution is 2.49. The fourth-order valence-electron chi connectivity index (χ4n) is 8.65. The van der Waals surface area contributed by atoms with E-state index in [1.165, 1.54) is 31.4 Å². The number of halogens is 2. The van der Waals surface area contributed by atoms with E-state index in [0.717, 1.165) is 58.4 Å². The molecule has 14 heteroatoms. The third-order valence-electron chi connectivity index (χ3n) is 11.1. The Kier molecular flexibility index (Phi) is 11.1. The molecule has 8 rings (SSSR count). The molecular weight excluding hydrogens is 688 g/mol. The SMILES string of the molecule is CC.COc1nc(-c2cc(O)cc3cccc(F)c23)c(F)c2nc(OCC34CCCC3N(CC3COC3)CCC4)nc(N3CC(O)CO[C@@H](CO)C3)c12. The number of aromatic nitrogens is 3. The lowest BCUT2D eigenvalue weighted by Gasteiger charge is -2.48. The number of aliphatic hydroxyl groups is 2. The number of likely N-dealkylation sites (tertiary alicyclic amines) is 1. The number of rotatable bonds is 9. The Morgan fingerprint density at radius 2 is 1.83 bits per heavy atom. The lowest BCUT2D eigenvalue weighted by molar-refractivity contribution is -0.0731. The van der Waals surface area contributed by atoms with Crippen LogP contribution in [-0.2, 0) is 9.47 Å². The number of phenols is 1. The van der Waals surface area contributed by atoms with E-state index in [4.69, 9.17) is 23.9 Å². The first-order valence-electron chi connectivity index (χ1n) is 18.7. The summed E-state index contributed by atoms with van der Waals surface area (Å²) in [5, 5.41) is 31.9. The number of piperidine rings is 1. The molecule has 12 nitrogen and oxygen atoms in total. The van der Waals surface area contributed by atoms with Gasteiger partial charge in [0.2, 0.25) is 5.88 Å². The van der Waals surface area contributed by atoms with E-state index in [1.807, 2.05) is 13.8 Å². The quantitative estimate of drug-likeness (QED) is 0.211. The van der Waals surface area contributed by atoms with Gasteiger partial charge in [0, 0.05) is 48.0 Å². The van der Waals surface area contributed by atoms with E-state index in [0.29, 0.717) is 24.0 Å². The number of fused-ring (bicyclic) bond motifs is 3. The number of aromatic hydroxyl groups is 1. The van der Waals surface area contributed by atoms with Crippen molar-refractivity contribution in [2.24, 2.45) is 11.3 Å². The van der Waals surface area contributed by atoms with Crippen molar-refractivity contribution in [3.05, 3.63) is 42.0 Å². The topological polar surface area (TPSA) is 143 Å². The molecule has 0 bridgehead atoms. The maximum Gasteiger partial charge on any atom is 0.319 e. The Balaban J connectivity index is 0.00000214. The van der Waals surface area contributed by atoms with Crippen LogP contribution in [0.4, 0.5) is 14.6 Å². The number of aliphatic hydroxyl groups excluding tert-OH is 2. The molecule has 3 N–H and O–H groups in total. The first kappa shape index (κ1) is 37.4. The molecule has 0 spiro atoms. The average molecular weight is 738 g/mol. The van der Waals surface area contributed by atoms with E-state index in [1.54, 1.807) is 11.0 Å². The van der Waals surface area contributed by atoms with Crippen LogP contribution >= 0.6 is 0 Å². The number of ether oxygens (including phenoxy) is 4. The summed E-state index contributed by atoms with van der Waals surface area (Å²) in [7, 11) is 1.37. The van der Waals surface area contributed by atoms with E-state index >= 15 is 8.78 Å².